The molecule has 0 radical (unpaired) electrons. The molecule has 3 heteroatoms. The average molecular weight is 246 g/mol. The highest BCUT2D eigenvalue weighted by molar-refractivity contribution is 5.97. The minimum Gasteiger partial charge on any atom is -0.466 e. The zero-order valence-corrected chi connectivity index (χ0v) is 10.9. The van der Waals surface area contributed by atoms with E-state index in [0.717, 1.165) is 0 Å². The summed E-state index contributed by atoms with van der Waals surface area (Å²) in [6, 6.07) is 9.16. The van der Waals surface area contributed by atoms with E-state index < -0.39 is 5.97 Å². The standard InChI is InChI=1S/C15H18O3/c1-11(9-10-14(16)18-3)12(2)15(17)13-7-5-4-6-8-13/h4-12H,1-3H3/b10-9+/t11-,12+/m0/s1. The highest BCUT2D eigenvalue weighted by atomic mass is 16.5. The van der Waals surface area contributed by atoms with Crippen molar-refractivity contribution in [3.8, 4) is 0 Å². The van der Waals surface area contributed by atoms with E-state index in [1.165, 1.54) is 13.2 Å². The molecule has 96 valence electrons. The van der Waals surface area contributed by atoms with Crippen LogP contribution in [0.4, 0.5) is 0 Å². The van der Waals surface area contributed by atoms with E-state index in [0.29, 0.717) is 5.56 Å². The Morgan fingerprint density at radius 2 is 1.78 bits per heavy atom. The third-order valence-electron chi connectivity index (χ3n) is 3.00. The molecule has 1 aromatic carbocycles. The van der Waals surface area contributed by atoms with Crippen LogP contribution < -0.4 is 0 Å². The fraction of sp³-hybridized carbons (Fsp3) is 0.333. The lowest BCUT2D eigenvalue weighted by atomic mass is 9.88. The van der Waals surface area contributed by atoms with Gasteiger partial charge in [0, 0.05) is 17.6 Å². The van der Waals surface area contributed by atoms with Gasteiger partial charge in [0.15, 0.2) is 5.78 Å². The Morgan fingerprint density at radius 3 is 2.33 bits per heavy atom. The molecule has 0 aliphatic heterocycles. The minimum absolute atomic E-state index is 0.0168. The van der Waals surface area contributed by atoms with Gasteiger partial charge in [-0.25, -0.2) is 4.79 Å². The fourth-order valence-corrected chi connectivity index (χ4v) is 1.57. The molecular formula is C15H18O3. The van der Waals surface area contributed by atoms with Gasteiger partial charge in [-0.1, -0.05) is 50.3 Å². The molecule has 0 unspecified atom stereocenters. The van der Waals surface area contributed by atoms with Gasteiger partial charge in [-0.2, -0.15) is 0 Å². The molecule has 0 amide bonds. The second-order valence-electron chi connectivity index (χ2n) is 4.26. The Kier molecular flexibility index (Phi) is 5.31. The quantitative estimate of drug-likeness (QED) is 0.456. The Bertz CT molecular complexity index is 434. The van der Waals surface area contributed by atoms with E-state index in [1.54, 1.807) is 18.2 Å². The summed E-state index contributed by atoms with van der Waals surface area (Å²) >= 11 is 0. The first kappa shape index (κ1) is 14.2. The van der Waals surface area contributed by atoms with Crippen LogP contribution in [0.1, 0.15) is 24.2 Å². The number of rotatable bonds is 5. The van der Waals surface area contributed by atoms with E-state index in [9.17, 15) is 9.59 Å². The van der Waals surface area contributed by atoms with Gasteiger partial charge >= 0.3 is 5.97 Å². The van der Waals surface area contributed by atoms with E-state index >= 15 is 0 Å². The molecule has 0 aromatic heterocycles. The Labute approximate surface area is 107 Å². The zero-order chi connectivity index (χ0) is 13.5. The summed E-state index contributed by atoms with van der Waals surface area (Å²) in [5, 5.41) is 0. The summed E-state index contributed by atoms with van der Waals surface area (Å²) in [6.45, 7) is 3.77. The Balaban J connectivity index is 2.70. The molecule has 18 heavy (non-hydrogen) atoms. The highest BCUT2D eigenvalue weighted by Crippen LogP contribution is 2.18. The minimum atomic E-state index is -0.402. The molecule has 0 aliphatic rings. The van der Waals surface area contributed by atoms with Crippen LogP contribution in [0.2, 0.25) is 0 Å². The van der Waals surface area contributed by atoms with Gasteiger partial charge in [-0.05, 0) is 5.92 Å². The second-order valence-corrected chi connectivity index (χ2v) is 4.26. The van der Waals surface area contributed by atoms with Crippen LogP contribution in [0.25, 0.3) is 0 Å². The molecule has 1 aromatic rings. The van der Waals surface area contributed by atoms with Crippen LogP contribution >= 0.6 is 0 Å². The molecule has 1 rings (SSSR count). The van der Waals surface area contributed by atoms with Gasteiger partial charge in [-0.15, -0.1) is 0 Å². The Morgan fingerprint density at radius 1 is 1.17 bits per heavy atom. The van der Waals surface area contributed by atoms with Crippen molar-refractivity contribution >= 4 is 11.8 Å². The van der Waals surface area contributed by atoms with Crippen molar-refractivity contribution in [2.24, 2.45) is 11.8 Å². The number of benzene rings is 1. The molecule has 0 spiro atoms. The number of allylic oxidation sites excluding steroid dienone is 1. The monoisotopic (exact) mass is 246 g/mol. The van der Waals surface area contributed by atoms with Gasteiger partial charge in [0.05, 0.1) is 7.11 Å². The number of ether oxygens (including phenoxy) is 1. The number of carbonyl (C=O) groups excluding carboxylic acids is 2. The zero-order valence-electron chi connectivity index (χ0n) is 10.9. The molecule has 0 aliphatic carbocycles. The number of ketones is 1. The molecule has 0 bridgehead atoms. The lowest BCUT2D eigenvalue weighted by molar-refractivity contribution is -0.134. The number of carbonyl (C=O) groups is 2. The Hall–Kier alpha value is -1.90. The van der Waals surface area contributed by atoms with E-state index in [1.807, 2.05) is 32.0 Å². The molecule has 0 heterocycles. The number of methoxy groups -OCH3 is 1. The summed E-state index contributed by atoms with van der Waals surface area (Å²) in [5.74, 6) is -0.510. The third-order valence-corrected chi connectivity index (χ3v) is 3.00. The maximum Gasteiger partial charge on any atom is 0.330 e. The topological polar surface area (TPSA) is 43.4 Å². The van der Waals surface area contributed by atoms with Crippen LogP contribution in [0.3, 0.4) is 0 Å². The van der Waals surface area contributed by atoms with E-state index in [2.05, 4.69) is 4.74 Å². The van der Waals surface area contributed by atoms with E-state index in [4.69, 9.17) is 0 Å². The van der Waals surface area contributed by atoms with Crippen LogP contribution in [-0.4, -0.2) is 18.9 Å². The maximum atomic E-state index is 12.2. The van der Waals surface area contributed by atoms with Crippen molar-refractivity contribution in [1.82, 2.24) is 0 Å². The normalized spacial score (nSPS) is 14.2. The fourth-order valence-electron chi connectivity index (χ4n) is 1.57. The maximum absolute atomic E-state index is 12.2. The average Bonchev–Trinajstić information content (AvgIpc) is 2.43. The summed E-state index contributed by atoms with van der Waals surface area (Å²) in [6.07, 6.45) is 3.07. The molecule has 0 saturated heterocycles. The van der Waals surface area contributed by atoms with Crippen molar-refractivity contribution in [2.75, 3.05) is 7.11 Å². The van der Waals surface area contributed by atoms with Crippen molar-refractivity contribution < 1.29 is 14.3 Å². The predicted molar refractivity (Wildman–Crippen MR) is 70.3 cm³/mol. The predicted octanol–water partition coefficient (Wildman–Crippen LogP) is 2.87. The number of hydrogen-bond donors (Lipinski definition) is 0. The molecule has 0 fully saturated rings. The van der Waals surface area contributed by atoms with Crippen LogP contribution in [0.5, 0.6) is 0 Å². The molecular weight excluding hydrogens is 228 g/mol. The van der Waals surface area contributed by atoms with Gasteiger partial charge in [-0.3, -0.25) is 4.79 Å². The number of Topliss-reactive ketones (excluding diaryl/α,β-unsaturated/α-hetero) is 1. The number of esters is 1. The van der Waals surface area contributed by atoms with Gasteiger partial charge in [0.2, 0.25) is 0 Å². The molecule has 2 atom stereocenters. The lowest BCUT2D eigenvalue weighted by Crippen LogP contribution is -2.18. The van der Waals surface area contributed by atoms with Crippen molar-refractivity contribution in [1.29, 1.82) is 0 Å². The van der Waals surface area contributed by atoms with Crippen molar-refractivity contribution in [3.05, 3.63) is 48.0 Å². The molecule has 0 saturated carbocycles. The first-order valence-electron chi connectivity index (χ1n) is 5.91. The highest BCUT2D eigenvalue weighted by Gasteiger charge is 2.19. The summed E-state index contributed by atoms with van der Waals surface area (Å²) in [5.41, 5.74) is 0.698. The first-order chi connectivity index (χ1) is 8.56. The second kappa shape index (κ2) is 6.74. The SMILES string of the molecule is COC(=O)/C=C/[C@H](C)[C@@H](C)C(=O)c1ccccc1. The van der Waals surface area contributed by atoms with Gasteiger partial charge < -0.3 is 4.74 Å². The summed E-state index contributed by atoms with van der Waals surface area (Å²) in [4.78, 5) is 23.1. The van der Waals surface area contributed by atoms with Crippen molar-refractivity contribution in [3.63, 3.8) is 0 Å². The van der Waals surface area contributed by atoms with Gasteiger partial charge in [0.1, 0.15) is 0 Å². The third kappa shape index (κ3) is 3.84. The van der Waals surface area contributed by atoms with Gasteiger partial charge in [0.25, 0.3) is 0 Å². The van der Waals surface area contributed by atoms with Crippen LogP contribution in [-0.2, 0) is 9.53 Å². The van der Waals surface area contributed by atoms with E-state index in [-0.39, 0.29) is 17.6 Å². The summed E-state index contributed by atoms with van der Waals surface area (Å²) in [7, 11) is 1.33. The van der Waals surface area contributed by atoms with Crippen LogP contribution in [0.15, 0.2) is 42.5 Å². The first-order valence-corrected chi connectivity index (χ1v) is 5.91. The lowest BCUT2D eigenvalue weighted by Gasteiger charge is -2.15. The summed E-state index contributed by atoms with van der Waals surface area (Å²) < 4.78 is 4.51. The number of hydrogen-bond acceptors (Lipinski definition) is 3. The molecule has 0 N–H and O–H groups in total. The van der Waals surface area contributed by atoms with Crippen LogP contribution in [0, 0.1) is 11.8 Å². The smallest absolute Gasteiger partial charge is 0.330 e. The largest absolute Gasteiger partial charge is 0.466 e. The van der Waals surface area contributed by atoms with Crippen molar-refractivity contribution in [2.45, 2.75) is 13.8 Å². The molecule has 3 nitrogen and oxygen atoms in total.